The van der Waals surface area contributed by atoms with Crippen molar-refractivity contribution in [3.8, 4) is 11.4 Å². The van der Waals surface area contributed by atoms with E-state index >= 15 is 0 Å². The van der Waals surface area contributed by atoms with Gasteiger partial charge in [0.25, 0.3) is 0 Å². The lowest BCUT2D eigenvalue weighted by Gasteiger charge is -2.04. The van der Waals surface area contributed by atoms with Crippen LogP contribution in [0.1, 0.15) is 17.0 Å². The monoisotopic (exact) mass is 215 g/mol. The third-order valence-corrected chi connectivity index (χ3v) is 2.92. The van der Waals surface area contributed by atoms with Crippen LogP contribution in [-0.4, -0.2) is 9.55 Å². The number of aryl methyl sites for hydroxylation is 2. The highest BCUT2D eigenvalue weighted by Crippen LogP contribution is 2.21. The summed E-state index contributed by atoms with van der Waals surface area (Å²) in [6.45, 7) is 4.61. The minimum absolute atomic E-state index is 0.529. The average Bonchev–Trinajstić information content (AvgIpc) is 2.55. The average molecular weight is 215 g/mol. The van der Waals surface area contributed by atoms with Gasteiger partial charge in [0.2, 0.25) is 0 Å². The standard InChI is InChI=1S/C13H17N3/c1-9-4-6-11(7-5-9)13-15-10(2)12(8-14)16(13)3/h4-7H,8,14H2,1-3H3. The SMILES string of the molecule is Cc1ccc(-c2nc(C)c(CN)n2C)cc1. The van der Waals surface area contributed by atoms with Gasteiger partial charge in [0.1, 0.15) is 5.82 Å². The lowest BCUT2D eigenvalue weighted by Crippen LogP contribution is -2.05. The molecule has 0 spiro atoms. The van der Waals surface area contributed by atoms with Crippen molar-refractivity contribution in [3.05, 3.63) is 41.2 Å². The van der Waals surface area contributed by atoms with Crippen molar-refractivity contribution < 1.29 is 0 Å². The summed E-state index contributed by atoms with van der Waals surface area (Å²) < 4.78 is 2.07. The second-order valence-corrected chi connectivity index (χ2v) is 4.10. The van der Waals surface area contributed by atoms with Gasteiger partial charge in [0.05, 0.1) is 11.4 Å². The molecule has 1 heterocycles. The van der Waals surface area contributed by atoms with Gasteiger partial charge in [-0.25, -0.2) is 4.98 Å². The Balaban J connectivity index is 2.52. The van der Waals surface area contributed by atoms with E-state index in [4.69, 9.17) is 5.73 Å². The number of hydrogen-bond donors (Lipinski definition) is 1. The number of nitrogens with zero attached hydrogens (tertiary/aromatic N) is 2. The molecule has 3 nitrogen and oxygen atoms in total. The predicted molar refractivity (Wildman–Crippen MR) is 66.0 cm³/mol. The third kappa shape index (κ3) is 1.74. The van der Waals surface area contributed by atoms with Crippen molar-refractivity contribution in [3.63, 3.8) is 0 Å². The minimum Gasteiger partial charge on any atom is -0.330 e. The normalized spacial score (nSPS) is 10.8. The Morgan fingerprint density at radius 2 is 1.81 bits per heavy atom. The van der Waals surface area contributed by atoms with Crippen LogP contribution < -0.4 is 5.73 Å². The highest BCUT2D eigenvalue weighted by molar-refractivity contribution is 5.57. The van der Waals surface area contributed by atoms with Gasteiger partial charge in [-0.3, -0.25) is 0 Å². The fourth-order valence-electron chi connectivity index (χ4n) is 1.91. The molecule has 1 aromatic heterocycles. The van der Waals surface area contributed by atoms with Gasteiger partial charge in [0, 0.05) is 19.2 Å². The highest BCUT2D eigenvalue weighted by Gasteiger charge is 2.11. The largest absolute Gasteiger partial charge is 0.330 e. The van der Waals surface area contributed by atoms with Crippen molar-refractivity contribution >= 4 is 0 Å². The van der Waals surface area contributed by atoms with Crippen LogP contribution in [0.2, 0.25) is 0 Å². The van der Waals surface area contributed by atoms with Gasteiger partial charge in [-0.15, -0.1) is 0 Å². The van der Waals surface area contributed by atoms with Crippen LogP contribution in [0.3, 0.4) is 0 Å². The van der Waals surface area contributed by atoms with Crippen molar-refractivity contribution in [1.29, 1.82) is 0 Å². The highest BCUT2D eigenvalue weighted by atomic mass is 15.1. The summed E-state index contributed by atoms with van der Waals surface area (Å²) >= 11 is 0. The maximum Gasteiger partial charge on any atom is 0.140 e. The summed E-state index contributed by atoms with van der Waals surface area (Å²) in [6, 6.07) is 8.39. The van der Waals surface area contributed by atoms with Crippen LogP contribution in [0.5, 0.6) is 0 Å². The summed E-state index contributed by atoms with van der Waals surface area (Å²) in [7, 11) is 2.01. The molecule has 0 saturated carbocycles. The number of nitrogens with two attached hydrogens (primary N) is 1. The van der Waals surface area contributed by atoms with E-state index in [1.165, 1.54) is 5.56 Å². The molecule has 0 fully saturated rings. The maximum absolute atomic E-state index is 5.71. The zero-order valence-corrected chi connectivity index (χ0v) is 9.99. The number of hydrogen-bond acceptors (Lipinski definition) is 2. The summed E-state index contributed by atoms with van der Waals surface area (Å²) in [5.41, 5.74) is 10.2. The number of aromatic nitrogens is 2. The molecule has 84 valence electrons. The molecule has 0 aliphatic rings. The van der Waals surface area contributed by atoms with Crippen LogP contribution in [0.25, 0.3) is 11.4 Å². The molecular formula is C13H17N3. The van der Waals surface area contributed by atoms with E-state index in [0.29, 0.717) is 6.54 Å². The first kappa shape index (κ1) is 10.9. The van der Waals surface area contributed by atoms with Crippen LogP contribution in [0.15, 0.2) is 24.3 Å². The molecule has 0 amide bonds. The van der Waals surface area contributed by atoms with E-state index in [2.05, 4.69) is 40.7 Å². The van der Waals surface area contributed by atoms with E-state index in [1.807, 2.05) is 14.0 Å². The summed E-state index contributed by atoms with van der Waals surface area (Å²) in [5.74, 6) is 0.984. The molecule has 3 heteroatoms. The summed E-state index contributed by atoms with van der Waals surface area (Å²) in [6.07, 6.45) is 0. The van der Waals surface area contributed by atoms with Crippen molar-refractivity contribution in [1.82, 2.24) is 9.55 Å². The molecule has 0 aliphatic carbocycles. The summed E-state index contributed by atoms with van der Waals surface area (Å²) in [4.78, 5) is 4.56. The first-order valence-electron chi connectivity index (χ1n) is 5.42. The van der Waals surface area contributed by atoms with Gasteiger partial charge < -0.3 is 10.3 Å². The molecule has 2 aromatic rings. The molecule has 0 atom stereocenters. The Hall–Kier alpha value is -1.61. The molecule has 0 bridgehead atoms. The topological polar surface area (TPSA) is 43.8 Å². The van der Waals surface area contributed by atoms with E-state index in [-0.39, 0.29) is 0 Å². The lowest BCUT2D eigenvalue weighted by atomic mass is 10.1. The van der Waals surface area contributed by atoms with E-state index in [0.717, 1.165) is 22.8 Å². The van der Waals surface area contributed by atoms with Gasteiger partial charge in [-0.1, -0.05) is 29.8 Å². The molecule has 1 aromatic carbocycles. The zero-order chi connectivity index (χ0) is 11.7. The van der Waals surface area contributed by atoms with Gasteiger partial charge in [0.15, 0.2) is 0 Å². The van der Waals surface area contributed by atoms with Crippen LogP contribution in [0.4, 0.5) is 0 Å². The van der Waals surface area contributed by atoms with Gasteiger partial charge >= 0.3 is 0 Å². The van der Waals surface area contributed by atoms with Crippen LogP contribution >= 0.6 is 0 Å². The smallest absolute Gasteiger partial charge is 0.140 e. The van der Waals surface area contributed by atoms with Crippen LogP contribution in [-0.2, 0) is 13.6 Å². The second-order valence-electron chi connectivity index (χ2n) is 4.10. The van der Waals surface area contributed by atoms with Gasteiger partial charge in [-0.05, 0) is 13.8 Å². The maximum atomic E-state index is 5.71. The van der Waals surface area contributed by atoms with E-state index in [9.17, 15) is 0 Å². The predicted octanol–water partition coefficient (Wildman–Crippen LogP) is 2.16. The first-order valence-corrected chi connectivity index (χ1v) is 5.42. The third-order valence-electron chi connectivity index (χ3n) is 2.92. The molecule has 2 rings (SSSR count). The summed E-state index contributed by atoms with van der Waals surface area (Å²) in [5, 5.41) is 0. The fraction of sp³-hybridized carbons (Fsp3) is 0.308. The Labute approximate surface area is 95.9 Å². The second kappa shape index (κ2) is 4.10. The van der Waals surface area contributed by atoms with Crippen molar-refractivity contribution in [2.45, 2.75) is 20.4 Å². The Morgan fingerprint density at radius 1 is 1.19 bits per heavy atom. The molecule has 0 aliphatic heterocycles. The van der Waals surface area contributed by atoms with E-state index in [1.54, 1.807) is 0 Å². The molecule has 2 N–H and O–H groups in total. The Bertz CT molecular complexity index is 495. The van der Waals surface area contributed by atoms with Crippen LogP contribution in [0, 0.1) is 13.8 Å². The molecule has 0 saturated heterocycles. The quantitative estimate of drug-likeness (QED) is 0.834. The molecular weight excluding hydrogens is 198 g/mol. The zero-order valence-electron chi connectivity index (χ0n) is 9.99. The fourth-order valence-corrected chi connectivity index (χ4v) is 1.91. The number of rotatable bonds is 2. The number of benzene rings is 1. The van der Waals surface area contributed by atoms with Crippen molar-refractivity contribution in [2.24, 2.45) is 12.8 Å². The number of imidazole rings is 1. The lowest BCUT2D eigenvalue weighted by molar-refractivity contribution is 0.823. The first-order chi connectivity index (χ1) is 7.63. The van der Waals surface area contributed by atoms with Crippen molar-refractivity contribution in [2.75, 3.05) is 0 Å². The van der Waals surface area contributed by atoms with E-state index < -0.39 is 0 Å². The minimum atomic E-state index is 0.529. The Kier molecular flexibility index (Phi) is 2.79. The molecule has 0 unspecified atom stereocenters. The molecule has 0 radical (unpaired) electrons. The molecule has 16 heavy (non-hydrogen) atoms. The Morgan fingerprint density at radius 3 is 2.31 bits per heavy atom. The van der Waals surface area contributed by atoms with Gasteiger partial charge in [-0.2, -0.15) is 0 Å².